The van der Waals surface area contributed by atoms with Crippen molar-refractivity contribution in [2.75, 3.05) is 25.0 Å². The van der Waals surface area contributed by atoms with Gasteiger partial charge < -0.3 is 15.5 Å². The zero-order valence-electron chi connectivity index (χ0n) is 15.0. The summed E-state index contributed by atoms with van der Waals surface area (Å²) in [5, 5.41) is 7.04. The van der Waals surface area contributed by atoms with Gasteiger partial charge in [-0.25, -0.2) is 9.97 Å². The maximum absolute atomic E-state index is 11.8. The molecule has 4 heterocycles. The van der Waals surface area contributed by atoms with Crippen LogP contribution in [0.5, 0.6) is 0 Å². The highest BCUT2D eigenvalue weighted by Gasteiger charge is 2.24. The lowest BCUT2D eigenvalue weighted by atomic mass is 10.0. The first kappa shape index (κ1) is 16.9. The number of carbonyl (C=O) groups excluding carboxylic acids is 1. The monoisotopic (exact) mass is 352 g/mol. The van der Waals surface area contributed by atoms with E-state index in [1.54, 1.807) is 19.3 Å². The zero-order chi connectivity index (χ0) is 17.9. The van der Waals surface area contributed by atoms with Crippen molar-refractivity contribution in [3.8, 4) is 11.4 Å². The standard InChI is InChI=1S/C19H24N6O/c1-13(26)25-10-6-16-17(12-25)23-18(14-4-8-20-9-5-14)24-19(16)22-11-15-3-2-7-21-15/h4-5,8-9,15,21H,2-3,6-7,10-12H2,1H3,(H,22,23,24)/t15-/m1/s1. The van der Waals surface area contributed by atoms with Crippen LogP contribution in [-0.2, 0) is 17.8 Å². The Balaban J connectivity index is 1.66. The summed E-state index contributed by atoms with van der Waals surface area (Å²) < 4.78 is 0. The molecule has 1 amide bonds. The number of rotatable bonds is 4. The first-order chi connectivity index (χ1) is 12.7. The molecule has 2 aromatic heterocycles. The summed E-state index contributed by atoms with van der Waals surface area (Å²) in [6.07, 6.45) is 6.69. The second-order valence-electron chi connectivity index (χ2n) is 6.92. The summed E-state index contributed by atoms with van der Waals surface area (Å²) in [5.74, 6) is 1.67. The van der Waals surface area contributed by atoms with Gasteiger partial charge in [0.2, 0.25) is 5.91 Å². The molecule has 2 aromatic rings. The number of carbonyl (C=O) groups is 1. The molecule has 1 fully saturated rings. The number of amides is 1. The van der Waals surface area contributed by atoms with Crippen LogP contribution in [0, 0.1) is 0 Å². The summed E-state index contributed by atoms with van der Waals surface area (Å²) in [4.78, 5) is 27.3. The summed E-state index contributed by atoms with van der Waals surface area (Å²) in [7, 11) is 0. The molecular weight excluding hydrogens is 328 g/mol. The predicted molar refractivity (Wildman–Crippen MR) is 99.6 cm³/mol. The molecule has 0 saturated carbocycles. The molecule has 0 aliphatic carbocycles. The molecule has 2 aliphatic heterocycles. The molecule has 0 radical (unpaired) electrons. The van der Waals surface area contributed by atoms with Crippen LogP contribution in [-0.4, -0.2) is 51.4 Å². The van der Waals surface area contributed by atoms with Crippen LogP contribution in [0.15, 0.2) is 24.5 Å². The van der Waals surface area contributed by atoms with Gasteiger partial charge in [0.1, 0.15) is 5.82 Å². The van der Waals surface area contributed by atoms with Crippen molar-refractivity contribution in [3.05, 3.63) is 35.8 Å². The molecule has 4 rings (SSSR count). The highest BCUT2D eigenvalue weighted by Crippen LogP contribution is 2.27. The van der Waals surface area contributed by atoms with Crippen LogP contribution < -0.4 is 10.6 Å². The first-order valence-corrected chi connectivity index (χ1v) is 9.23. The first-order valence-electron chi connectivity index (χ1n) is 9.23. The van der Waals surface area contributed by atoms with Gasteiger partial charge in [0.15, 0.2) is 5.82 Å². The number of nitrogens with one attached hydrogen (secondary N) is 2. The quantitative estimate of drug-likeness (QED) is 0.870. The minimum Gasteiger partial charge on any atom is -0.368 e. The third kappa shape index (κ3) is 3.53. The Morgan fingerprint density at radius 2 is 2.19 bits per heavy atom. The highest BCUT2D eigenvalue weighted by atomic mass is 16.2. The van der Waals surface area contributed by atoms with Gasteiger partial charge in [0, 0.05) is 49.6 Å². The molecule has 1 saturated heterocycles. The molecule has 0 bridgehead atoms. The Kier molecular flexibility index (Phi) is 4.79. The van der Waals surface area contributed by atoms with Gasteiger partial charge in [-0.15, -0.1) is 0 Å². The predicted octanol–water partition coefficient (Wildman–Crippen LogP) is 1.61. The maximum Gasteiger partial charge on any atom is 0.219 e. The van der Waals surface area contributed by atoms with Gasteiger partial charge in [0.25, 0.3) is 0 Å². The van der Waals surface area contributed by atoms with Gasteiger partial charge in [-0.2, -0.15) is 0 Å². The fourth-order valence-electron chi connectivity index (χ4n) is 3.63. The van der Waals surface area contributed by atoms with Crippen molar-refractivity contribution in [1.82, 2.24) is 25.2 Å². The van der Waals surface area contributed by atoms with Crippen molar-refractivity contribution in [2.24, 2.45) is 0 Å². The summed E-state index contributed by atoms with van der Waals surface area (Å²) in [6.45, 7) is 4.82. The van der Waals surface area contributed by atoms with E-state index in [1.165, 1.54) is 12.8 Å². The number of aromatic nitrogens is 3. The minimum absolute atomic E-state index is 0.0874. The lowest BCUT2D eigenvalue weighted by molar-refractivity contribution is -0.129. The number of anilines is 1. The minimum atomic E-state index is 0.0874. The highest BCUT2D eigenvalue weighted by molar-refractivity contribution is 5.74. The second-order valence-corrected chi connectivity index (χ2v) is 6.92. The summed E-state index contributed by atoms with van der Waals surface area (Å²) in [6, 6.07) is 4.31. The van der Waals surface area contributed by atoms with E-state index in [-0.39, 0.29) is 5.91 Å². The van der Waals surface area contributed by atoms with E-state index in [1.807, 2.05) is 17.0 Å². The van der Waals surface area contributed by atoms with Crippen molar-refractivity contribution < 1.29 is 4.79 Å². The molecule has 0 aromatic carbocycles. The van der Waals surface area contributed by atoms with E-state index in [4.69, 9.17) is 9.97 Å². The SMILES string of the molecule is CC(=O)N1CCc2c(nc(-c3ccncc3)nc2NC[C@H]2CCCN2)C1. The Labute approximate surface area is 153 Å². The van der Waals surface area contributed by atoms with E-state index in [2.05, 4.69) is 15.6 Å². The summed E-state index contributed by atoms with van der Waals surface area (Å²) in [5.41, 5.74) is 3.01. The third-order valence-electron chi connectivity index (χ3n) is 5.13. The molecule has 7 nitrogen and oxygen atoms in total. The largest absolute Gasteiger partial charge is 0.368 e. The van der Waals surface area contributed by atoms with E-state index >= 15 is 0 Å². The van der Waals surface area contributed by atoms with Gasteiger partial charge in [-0.1, -0.05) is 0 Å². The van der Waals surface area contributed by atoms with Crippen LogP contribution in [0.1, 0.15) is 31.0 Å². The fourth-order valence-corrected chi connectivity index (χ4v) is 3.63. The lowest BCUT2D eigenvalue weighted by Gasteiger charge is -2.29. The maximum atomic E-state index is 11.8. The average Bonchev–Trinajstić information content (AvgIpc) is 3.19. The second kappa shape index (κ2) is 7.37. The Morgan fingerprint density at radius 1 is 1.35 bits per heavy atom. The fraction of sp³-hybridized carbons (Fsp3) is 0.474. The number of hydrogen-bond acceptors (Lipinski definition) is 6. The van der Waals surface area contributed by atoms with Gasteiger partial charge in [-0.05, 0) is 37.9 Å². The molecule has 1 atom stereocenters. The van der Waals surface area contributed by atoms with Crippen molar-refractivity contribution >= 4 is 11.7 Å². The molecule has 0 spiro atoms. The number of hydrogen-bond donors (Lipinski definition) is 2. The molecule has 2 aliphatic rings. The topological polar surface area (TPSA) is 83.0 Å². The Hall–Kier alpha value is -2.54. The Bertz CT molecular complexity index is 788. The van der Waals surface area contributed by atoms with Crippen LogP contribution in [0.3, 0.4) is 0 Å². The van der Waals surface area contributed by atoms with Crippen LogP contribution in [0.2, 0.25) is 0 Å². The zero-order valence-corrected chi connectivity index (χ0v) is 15.0. The number of pyridine rings is 1. The van der Waals surface area contributed by atoms with Crippen molar-refractivity contribution in [2.45, 2.75) is 38.8 Å². The van der Waals surface area contributed by atoms with Crippen molar-refractivity contribution in [1.29, 1.82) is 0 Å². The van der Waals surface area contributed by atoms with Gasteiger partial charge in [0.05, 0.1) is 12.2 Å². The number of nitrogens with zero attached hydrogens (tertiary/aromatic N) is 4. The molecule has 7 heteroatoms. The van der Waals surface area contributed by atoms with Crippen molar-refractivity contribution in [3.63, 3.8) is 0 Å². The molecule has 26 heavy (non-hydrogen) atoms. The van der Waals surface area contributed by atoms with Gasteiger partial charge >= 0.3 is 0 Å². The van der Waals surface area contributed by atoms with Crippen LogP contribution in [0.4, 0.5) is 5.82 Å². The third-order valence-corrected chi connectivity index (χ3v) is 5.13. The van der Waals surface area contributed by atoms with E-state index in [0.29, 0.717) is 18.4 Å². The molecular formula is C19H24N6O. The molecule has 2 N–H and O–H groups in total. The number of fused-ring (bicyclic) bond motifs is 1. The normalized spacial score (nSPS) is 19.3. The summed E-state index contributed by atoms with van der Waals surface area (Å²) >= 11 is 0. The lowest BCUT2D eigenvalue weighted by Crippen LogP contribution is -2.36. The molecule has 0 unspecified atom stereocenters. The van der Waals surface area contributed by atoms with E-state index in [0.717, 1.165) is 48.7 Å². The smallest absolute Gasteiger partial charge is 0.219 e. The van der Waals surface area contributed by atoms with E-state index in [9.17, 15) is 4.79 Å². The molecule has 136 valence electrons. The average molecular weight is 352 g/mol. The Morgan fingerprint density at radius 3 is 2.92 bits per heavy atom. The van der Waals surface area contributed by atoms with Crippen LogP contribution in [0.25, 0.3) is 11.4 Å². The van der Waals surface area contributed by atoms with E-state index < -0.39 is 0 Å². The van der Waals surface area contributed by atoms with Gasteiger partial charge in [-0.3, -0.25) is 9.78 Å². The van der Waals surface area contributed by atoms with Crippen LogP contribution >= 0.6 is 0 Å².